The van der Waals surface area contributed by atoms with E-state index in [1.54, 1.807) is 0 Å². The Morgan fingerprint density at radius 2 is 1.88 bits per heavy atom. The van der Waals surface area contributed by atoms with Gasteiger partial charge in [0.25, 0.3) is 0 Å². The maximum absolute atomic E-state index is 5.91. The van der Waals surface area contributed by atoms with Crippen molar-refractivity contribution in [2.24, 2.45) is 16.6 Å². The second-order valence-electron chi connectivity index (χ2n) is 7.88. The van der Waals surface area contributed by atoms with Gasteiger partial charge in [-0.2, -0.15) is 0 Å². The Bertz CT molecular complexity index is 519. The lowest BCUT2D eigenvalue weighted by molar-refractivity contribution is 0.176. The summed E-state index contributed by atoms with van der Waals surface area (Å²) < 4.78 is 0. The summed E-state index contributed by atoms with van der Waals surface area (Å²) in [6, 6.07) is 8.77. The molecule has 1 aromatic rings. The summed E-state index contributed by atoms with van der Waals surface area (Å²) in [4.78, 5) is 6.97. The number of nitrogens with two attached hydrogens (primary N) is 1. The molecule has 0 radical (unpaired) electrons. The van der Waals surface area contributed by atoms with Crippen molar-refractivity contribution in [2.75, 3.05) is 13.1 Å². The first-order valence-electron chi connectivity index (χ1n) is 8.70. The number of piperidine rings is 1. The van der Waals surface area contributed by atoms with Crippen molar-refractivity contribution in [3.63, 3.8) is 0 Å². The fourth-order valence-corrected chi connectivity index (χ4v) is 3.04. The first kappa shape index (κ1) is 21.2. The summed E-state index contributed by atoms with van der Waals surface area (Å²) in [5, 5.41) is 3.18. The van der Waals surface area contributed by atoms with E-state index in [-0.39, 0.29) is 29.5 Å². The standard InChI is InChI=1S/C19H32N4.HI/c1-15-6-5-11-23(13-15)14-17-9-7-16(8-10-17)12-21-18(20)22-19(2,3)4;/h7-10,15H,5-6,11-14H2,1-4H3,(H3,20,21,22);1H. The Kier molecular flexibility index (Phi) is 8.50. The third-order valence-electron chi connectivity index (χ3n) is 4.11. The minimum absolute atomic E-state index is 0. The van der Waals surface area contributed by atoms with E-state index in [0.717, 1.165) is 12.5 Å². The van der Waals surface area contributed by atoms with Gasteiger partial charge in [-0.15, -0.1) is 24.0 Å². The van der Waals surface area contributed by atoms with Crippen LogP contribution in [-0.4, -0.2) is 29.5 Å². The van der Waals surface area contributed by atoms with E-state index in [2.05, 4.69) is 67.2 Å². The molecule has 24 heavy (non-hydrogen) atoms. The Morgan fingerprint density at radius 3 is 2.46 bits per heavy atom. The van der Waals surface area contributed by atoms with Crippen LogP contribution in [-0.2, 0) is 13.1 Å². The van der Waals surface area contributed by atoms with E-state index < -0.39 is 0 Å². The Morgan fingerprint density at radius 1 is 1.25 bits per heavy atom. The first-order valence-corrected chi connectivity index (χ1v) is 8.70. The number of nitrogens with one attached hydrogen (secondary N) is 1. The van der Waals surface area contributed by atoms with E-state index in [1.807, 2.05) is 0 Å². The molecule has 0 amide bonds. The predicted molar refractivity (Wildman–Crippen MR) is 114 cm³/mol. The van der Waals surface area contributed by atoms with Crippen LogP contribution in [0.2, 0.25) is 0 Å². The molecule has 0 spiro atoms. The van der Waals surface area contributed by atoms with Crippen molar-refractivity contribution in [3.8, 4) is 0 Å². The van der Waals surface area contributed by atoms with Crippen LogP contribution in [0.3, 0.4) is 0 Å². The monoisotopic (exact) mass is 444 g/mol. The van der Waals surface area contributed by atoms with Crippen molar-refractivity contribution >= 4 is 29.9 Å². The van der Waals surface area contributed by atoms with Gasteiger partial charge in [0.15, 0.2) is 5.96 Å². The van der Waals surface area contributed by atoms with Gasteiger partial charge in [-0.1, -0.05) is 31.2 Å². The van der Waals surface area contributed by atoms with Crippen molar-refractivity contribution in [3.05, 3.63) is 35.4 Å². The topological polar surface area (TPSA) is 53.6 Å². The van der Waals surface area contributed by atoms with Gasteiger partial charge in [-0.3, -0.25) is 4.90 Å². The van der Waals surface area contributed by atoms with Crippen LogP contribution in [0.25, 0.3) is 0 Å². The van der Waals surface area contributed by atoms with Crippen LogP contribution in [0.4, 0.5) is 0 Å². The van der Waals surface area contributed by atoms with Gasteiger partial charge >= 0.3 is 0 Å². The largest absolute Gasteiger partial charge is 0.370 e. The van der Waals surface area contributed by atoms with Crippen LogP contribution >= 0.6 is 24.0 Å². The quantitative estimate of drug-likeness (QED) is 0.423. The third kappa shape index (κ3) is 7.83. The minimum atomic E-state index is -0.0526. The van der Waals surface area contributed by atoms with Gasteiger partial charge < -0.3 is 11.1 Å². The Hall–Kier alpha value is -0.820. The molecule has 0 saturated carbocycles. The lowest BCUT2D eigenvalue weighted by atomic mass is 9.99. The van der Waals surface area contributed by atoms with Crippen LogP contribution in [0, 0.1) is 5.92 Å². The molecule has 1 heterocycles. The van der Waals surface area contributed by atoms with Gasteiger partial charge in [0, 0.05) is 18.6 Å². The van der Waals surface area contributed by atoms with E-state index >= 15 is 0 Å². The highest BCUT2D eigenvalue weighted by Gasteiger charge is 2.16. The molecule has 1 atom stereocenters. The fourth-order valence-electron chi connectivity index (χ4n) is 3.04. The van der Waals surface area contributed by atoms with E-state index in [4.69, 9.17) is 5.73 Å². The zero-order valence-electron chi connectivity index (χ0n) is 15.5. The fraction of sp³-hybridized carbons (Fsp3) is 0.632. The summed E-state index contributed by atoms with van der Waals surface area (Å²) in [6.45, 7) is 12.7. The Balaban J connectivity index is 0.00000288. The summed E-state index contributed by atoms with van der Waals surface area (Å²) in [5.41, 5.74) is 8.43. The SMILES string of the molecule is CC1CCCN(Cc2ccc(CN=C(N)NC(C)(C)C)cc2)C1.I. The highest BCUT2D eigenvalue weighted by molar-refractivity contribution is 14.0. The average Bonchev–Trinajstić information content (AvgIpc) is 2.45. The van der Waals surface area contributed by atoms with Gasteiger partial charge in [-0.05, 0) is 57.2 Å². The van der Waals surface area contributed by atoms with Crippen LogP contribution in [0.5, 0.6) is 0 Å². The maximum Gasteiger partial charge on any atom is 0.189 e. The molecular weight excluding hydrogens is 411 g/mol. The Labute approximate surface area is 164 Å². The molecule has 1 aromatic carbocycles. The average molecular weight is 444 g/mol. The summed E-state index contributed by atoms with van der Waals surface area (Å²) in [6.07, 6.45) is 2.70. The predicted octanol–water partition coefficient (Wildman–Crippen LogP) is 3.74. The molecule has 136 valence electrons. The molecule has 3 N–H and O–H groups in total. The zero-order chi connectivity index (χ0) is 16.9. The summed E-state index contributed by atoms with van der Waals surface area (Å²) >= 11 is 0. The molecule has 1 fully saturated rings. The lowest BCUT2D eigenvalue weighted by Crippen LogP contribution is -2.44. The molecule has 0 aliphatic carbocycles. The first-order chi connectivity index (χ1) is 10.8. The molecular formula is C19H33IN4. The molecule has 1 aliphatic heterocycles. The van der Waals surface area contributed by atoms with E-state index in [9.17, 15) is 0 Å². The smallest absolute Gasteiger partial charge is 0.189 e. The highest BCUT2D eigenvalue weighted by Crippen LogP contribution is 2.18. The van der Waals surface area contributed by atoms with Gasteiger partial charge in [-0.25, -0.2) is 4.99 Å². The minimum Gasteiger partial charge on any atom is -0.370 e. The van der Waals surface area contributed by atoms with Gasteiger partial charge in [0.2, 0.25) is 0 Å². The molecule has 4 nitrogen and oxygen atoms in total. The number of guanidine groups is 1. The van der Waals surface area contributed by atoms with Crippen molar-refractivity contribution in [1.29, 1.82) is 0 Å². The summed E-state index contributed by atoms with van der Waals surface area (Å²) in [5.74, 6) is 1.33. The zero-order valence-corrected chi connectivity index (χ0v) is 17.8. The third-order valence-corrected chi connectivity index (χ3v) is 4.11. The highest BCUT2D eigenvalue weighted by atomic mass is 127. The molecule has 2 rings (SSSR count). The number of aliphatic imine (C=N–C) groups is 1. The number of benzene rings is 1. The second-order valence-corrected chi connectivity index (χ2v) is 7.88. The molecule has 0 bridgehead atoms. The second kappa shape index (κ2) is 9.61. The molecule has 1 unspecified atom stereocenters. The van der Waals surface area contributed by atoms with Crippen LogP contribution < -0.4 is 11.1 Å². The number of likely N-dealkylation sites (tertiary alicyclic amines) is 1. The maximum atomic E-state index is 5.91. The molecule has 1 saturated heterocycles. The van der Waals surface area contributed by atoms with Crippen LogP contribution in [0.15, 0.2) is 29.3 Å². The van der Waals surface area contributed by atoms with E-state index in [0.29, 0.717) is 12.5 Å². The number of nitrogens with zero attached hydrogens (tertiary/aromatic N) is 2. The molecule has 5 heteroatoms. The normalized spacial score (nSPS) is 19.7. The molecule has 1 aliphatic rings. The number of hydrogen-bond donors (Lipinski definition) is 2. The lowest BCUT2D eigenvalue weighted by Gasteiger charge is -2.30. The summed E-state index contributed by atoms with van der Waals surface area (Å²) in [7, 11) is 0. The van der Waals surface area contributed by atoms with Crippen molar-refractivity contribution in [2.45, 2.75) is 59.2 Å². The van der Waals surface area contributed by atoms with Gasteiger partial charge in [0.1, 0.15) is 0 Å². The van der Waals surface area contributed by atoms with E-state index in [1.165, 1.54) is 37.1 Å². The number of rotatable bonds is 4. The van der Waals surface area contributed by atoms with Crippen molar-refractivity contribution in [1.82, 2.24) is 10.2 Å². The molecule has 0 aromatic heterocycles. The van der Waals surface area contributed by atoms with Gasteiger partial charge in [0.05, 0.1) is 6.54 Å². The van der Waals surface area contributed by atoms with Crippen LogP contribution in [0.1, 0.15) is 51.7 Å². The number of hydrogen-bond acceptors (Lipinski definition) is 2. The van der Waals surface area contributed by atoms with Crippen molar-refractivity contribution < 1.29 is 0 Å². The number of halogens is 1.